The lowest BCUT2D eigenvalue weighted by Crippen LogP contribution is -2.26. The van der Waals surface area contributed by atoms with E-state index < -0.39 is 0 Å². The molecule has 0 heterocycles. The average molecular weight is 236 g/mol. The Morgan fingerprint density at radius 3 is 2.12 bits per heavy atom. The molecule has 0 spiro atoms. The fraction of sp³-hybridized carbons (Fsp3) is 1.00. The van der Waals surface area contributed by atoms with Gasteiger partial charge in [0, 0.05) is 0 Å². The van der Waals surface area contributed by atoms with Gasteiger partial charge in [-0.2, -0.15) is 0 Å². The second-order valence-electron chi connectivity index (χ2n) is 7.02. The molecular formula is C17H32. The molecule has 0 N–H and O–H groups in total. The molecule has 0 aromatic rings. The highest BCUT2D eigenvalue weighted by Gasteiger charge is 2.30. The molecule has 0 amide bonds. The van der Waals surface area contributed by atoms with Crippen LogP contribution in [0.25, 0.3) is 0 Å². The zero-order chi connectivity index (χ0) is 12.1. The highest BCUT2D eigenvalue weighted by Crippen LogP contribution is 2.41. The molecule has 17 heavy (non-hydrogen) atoms. The smallest absolute Gasteiger partial charge is 0.0360 e. The first kappa shape index (κ1) is 13.4. The fourth-order valence-electron chi connectivity index (χ4n) is 4.45. The van der Waals surface area contributed by atoms with E-state index in [-0.39, 0.29) is 0 Å². The lowest BCUT2D eigenvalue weighted by Gasteiger charge is -2.36. The van der Waals surface area contributed by atoms with Gasteiger partial charge in [0.15, 0.2) is 0 Å². The minimum Gasteiger partial charge on any atom is -0.0625 e. The first-order valence-electron chi connectivity index (χ1n) is 8.27. The zero-order valence-electron chi connectivity index (χ0n) is 12.1. The van der Waals surface area contributed by atoms with E-state index in [0.29, 0.717) is 0 Å². The van der Waals surface area contributed by atoms with Crippen LogP contribution in [0.5, 0.6) is 0 Å². The van der Waals surface area contributed by atoms with Crippen molar-refractivity contribution >= 4 is 0 Å². The molecule has 0 aromatic heterocycles. The van der Waals surface area contributed by atoms with Crippen molar-refractivity contribution in [3.05, 3.63) is 0 Å². The molecule has 2 fully saturated rings. The molecule has 0 nitrogen and oxygen atoms in total. The Labute approximate surface area is 109 Å². The van der Waals surface area contributed by atoms with E-state index in [4.69, 9.17) is 0 Å². The van der Waals surface area contributed by atoms with Crippen molar-refractivity contribution in [2.24, 2.45) is 23.7 Å². The molecule has 0 bridgehead atoms. The minimum absolute atomic E-state index is 1.00. The Bertz CT molecular complexity index is 208. The van der Waals surface area contributed by atoms with Crippen LogP contribution >= 0.6 is 0 Å². The van der Waals surface area contributed by atoms with Gasteiger partial charge in [0.1, 0.15) is 0 Å². The third kappa shape index (κ3) is 4.00. The van der Waals surface area contributed by atoms with E-state index in [9.17, 15) is 0 Å². The van der Waals surface area contributed by atoms with Gasteiger partial charge in [-0.1, -0.05) is 71.6 Å². The summed E-state index contributed by atoms with van der Waals surface area (Å²) in [4.78, 5) is 0. The highest BCUT2D eigenvalue weighted by atomic mass is 14.4. The molecule has 0 heteroatoms. The zero-order valence-corrected chi connectivity index (χ0v) is 12.1. The molecular weight excluding hydrogens is 204 g/mol. The first-order chi connectivity index (χ1) is 8.27. The van der Waals surface area contributed by atoms with Gasteiger partial charge in [-0.3, -0.25) is 0 Å². The van der Waals surface area contributed by atoms with Crippen molar-refractivity contribution in [3.63, 3.8) is 0 Å². The molecule has 0 radical (unpaired) electrons. The van der Waals surface area contributed by atoms with Crippen LogP contribution in [0.1, 0.15) is 84.5 Å². The molecule has 0 saturated heterocycles. The second kappa shape index (κ2) is 6.81. The van der Waals surface area contributed by atoms with E-state index in [1.165, 1.54) is 57.8 Å². The molecule has 4 atom stereocenters. The van der Waals surface area contributed by atoms with Crippen molar-refractivity contribution in [3.8, 4) is 0 Å². The molecule has 100 valence electrons. The summed E-state index contributed by atoms with van der Waals surface area (Å²) in [5.41, 5.74) is 0. The molecule has 2 rings (SSSR count). The van der Waals surface area contributed by atoms with Crippen LogP contribution in [0.4, 0.5) is 0 Å². The van der Waals surface area contributed by atoms with Crippen LogP contribution in [0.2, 0.25) is 0 Å². The van der Waals surface area contributed by atoms with E-state index in [1.807, 2.05) is 0 Å². The number of rotatable bonds is 1. The molecule has 4 unspecified atom stereocenters. The summed E-state index contributed by atoms with van der Waals surface area (Å²) in [6.45, 7) is 5.03. The molecule has 0 aromatic carbocycles. The van der Waals surface area contributed by atoms with Crippen LogP contribution < -0.4 is 0 Å². The molecule has 2 aliphatic rings. The van der Waals surface area contributed by atoms with Gasteiger partial charge >= 0.3 is 0 Å². The van der Waals surface area contributed by atoms with Crippen molar-refractivity contribution in [1.29, 1.82) is 0 Å². The largest absolute Gasteiger partial charge is 0.0625 e. The Hall–Kier alpha value is 0. The van der Waals surface area contributed by atoms with Gasteiger partial charge in [-0.15, -0.1) is 0 Å². The SMILES string of the molecule is CC1CCCC(C2CCCCCCCC2C)C1. The van der Waals surface area contributed by atoms with Crippen molar-refractivity contribution in [1.82, 2.24) is 0 Å². The molecule has 2 saturated carbocycles. The van der Waals surface area contributed by atoms with Crippen LogP contribution in [0, 0.1) is 23.7 Å². The normalized spacial score (nSPS) is 41.3. The lowest BCUT2D eigenvalue weighted by atomic mass is 9.69. The third-order valence-electron chi connectivity index (χ3n) is 5.51. The van der Waals surface area contributed by atoms with E-state index in [1.54, 1.807) is 12.8 Å². The van der Waals surface area contributed by atoms with E-state index >= 15 is 0 Å². The topological polar surface area (TPSA) is 0 Å². The number of hydrogen-bond acceptors (Lipinski definition) is 0. The summed E-state index contributed by atoms with van der Waals surface area (Å²) in [7, 11) is 0. The summed E-state index contributed by atoms with van der Waals surface area (Å²) in [6.07, 6.45) is 16.7. The monoisotopic (exact) mass is 236 g/mol. The van der Waals surface area contributed by atoms with E-state index in [2.05, 4.69) is 13.8 Å². The van der Waals surface area contributed by atoms with Gasteiger partial charge in [0.25, 0.3) is 0 Å². The quantitative estimate of drug-likeness (QED) is 0.539. The Kier molecular flexibility index (Phi) is 5.38. The summed E-state index contributed by atoms with van der Waals surface area (Å²) in [6, 6.07) is 0. The van der Waals surface area contributed by atoms with Crippen LogP contribution in [0.3, 0.4) is 0 Å². The summed E-state index contributed by atoms with van der Waals surface area (Å²) >= 11 is 0. The average Bonchev–Trinajstić information content (AvgIpc) is 2.41. The molecule has 0 aliphatic heterocycles. The van der Waals surface area contributed by atoms with Crippen LogP contribution in [-0.4, -0.2) is 0 Å². The predicted molar refractivity (Wildman–Crippen MR) is 76.1 cm³/mol. The van der Waals surface area contributed by atoms with Gasteiger partial charge < -0.3 is 0 Å². The summed E-state index contributed by atoms with van der Waals surface area (Å²) in [5, 5.41) is 0. The maximum Gasteiger partial charge on any atom is -0.0360 e. The summed E-state index contributed by atoms with van der Waals surface area (Å²) in [5.74, 6) is 4.15. The van der Waals surface area contributed by atoms with Crippen LogP contribution in [-0.2, 0) is 0 Å². The Morgan fingerprint density at radius 1 is 0.647 bits per heavy atom. The van der Waals surface area contributed by atoms with Gasteiger partial charge in [-0.05, 0) is 36.5 Å². The van der Waals surface area contributed by atoms with Crippen molar-refractivity contribution in [2.75, 3.05) is 0 Å². The fourth-order valence-corrected chi connectivity index (χ4v) is 4.45. The van der Waals surface area contributed by atoms with Crippen molar-refractivity contribution < 1.29 is 0 Å². The highest BCUT2D eigenvalue weighted by molar-refractivity contribution is 4.80. The maximum absolute atomic E-state index is 2.55. The molecule has 2 aliphatic carbocycles. The Morgan fingerprint density at radius 2 is 1.35 bits per heavy atom. The number of hydrogen-bond donors (Lipinski definition) is 0. The Balaban J connectivity index is 1.93. The van der Waals surface area contributed by atoms with Gasteiger partial charge in [0.2, 0.25) is 0 Å². The second-order valence-corrected chi connectivity index (χ2v) is 7.02. The van der Waals surface area contributed by atoms with Gasteiger partial charge in [-0.25, -0.2) is 0 Å². The van der Waals surface area contributed by atoms with Crippen LogP contribution in [0.15, 0.2) is 0 Å². The lowest BCUT2D eigenvalue weighted by molar-refractivity contribution is 0.142. The summed E-state index contributed by atoms with van der Waals surface area (Å²) < 4.78 is 0. The van der Waals surface area contributed by atoms with Crippen molar-refractivity contribution in [2.45, 2.75) is 84.5 Å². The minimum atomic E-state index is 1.00. The predicted octanol–water partition coefficient (Wildman–Crippen LogP) is 5.81. The third-order valence-corrected chi connectivity index (χ3v) is 5.51. The van der Waals surface area contributed by atoms with E-state index in [0.717, 1.165) is 23.7 Å². The maximum atomic E-state index is 2.55. The standard InChI is InChI=1S/C17H32/c1-14-9-8-11-16(13-14)17-12-7-5-3-4-6-10-15(17)2/h14-17H,3-13H2,1-2H3. The van der Waals surface area contributed by atoms with Gasteiger partial charge in [0.05, 0.1) is 0 Å². The first-order valence-corrected chi connectivity index (χ1v) is 8.27.